The first-order chi connectivity index (χ1) is 15.0. The van der Waals surface area contributed by atoms with Gasteiger partial charge < -0.3 is 9.30 Å². The number of methoxy groups -OCH3 is 1. The Balaban J connectivity index is 1.61. The van der Waals surface area contributed by atoms with Gasteiger partial charge in [0.15, 0.2) is 11.0 Å². The number of hydrogen-bond donors (Lipinski definition) is 1. The standard InChI is InChI=1S/C20H20N6O4S/c1-3-25-19(14-8-10-16(30-2)11-9-14)23-24-20(25)31-13-18(27)22-21-12-15-6-4-5-7-17(15)26(28)29/h4-12H,3,13H2,1-2H3,(H,22,27)/b21-12-. The summed E-state index contributed by atoms with van der Waals surface area (Å²) in [6.45, 7) is 2.60. The summed E-state index contributed by atoms with van der Waals surface area (Å²) >= 11 is 1.23. The minimum Gasteiger partial charge on any atom is -0.497 e. The molecule has 0 saturated carbocycles. The van der Waals surface area contributed by atoms with Gasteiger partial charge in [-0.05, 0) is 37.3 Å². The molecule has 1 amide bonds. The molecular formula is C20H20N6O4S. The van der Waals surface area contributed by atoms with Gasteiger partial charge in [-0.15, -0.1) is 10.2 Å². The zero-order valence-electron chi connectivity index (χ0n) is 16.9. The number of nitrogens with zero attached hydrogens (tertiary/aromatic N) is 5. The quantitative estimate of drug-likeness (QED) is 0.235. The van der Waals surface area contributed by atoms with Crippen LogP contribution in [0.1, 0.15) is 12.5 Å². The molecule has 0 aliphatic rings. The molecular weight excluding hydrogens is 420 g/mol. The van der Waals surface area contributed by atoms with Crippen molar-refractivity contribution in [3.05, 3.63) is 64.2 Å². The molecule has 0 fully saturated rings. The Labute approximate surface area is 182 Å². The Hall–Kier alpha value is -3.73. The molecule has 1 heterocycles. The normalized spacial score (nSPS) is 10.9. The van der Waals surface area contributed by atoms with Crippen molar-refractivity contribution >= 4 is 29.6 Å². The molecule has 2 aromatic carbocycles. The maximum atomic E-state index is 12.1. The maximum absolute atomic E-state index is 12.1. The number of hydrogen-bond acceptors (Lipinski definition) is 8. The zero-order chi connectivity index (χ0) is 22.2. The van der Waals surface area contributed by atoms with Crippen LogP contribution in [0.2, 0.25) is 0 Å². The molecule has 1 aromatic heterocycles. The summed E-state index contributed by atoms with van der Waals surface area (Å²) in [5.41, 5.74) is 3.48. The summed E-state index contributed by atoms with van der Waals surface area (Å²) < 4.78 is 7.09. The van der Waals surface area contributed by atoms with Crippen LogP contribution in [0.4, 0.5) is 5.69 Å². The van der Waals surface area contributed by atoms with Gasteiger partial charge in [-0.25, -0.2) is 5.43 Å². The van der Waals surface area contributed by atoms with Crippen molar-refractivity contribution < 1.29 is 14.5 Å². The lowest BCUT2D eigenvalue weighted by Crippen LogP contribution is -2.20. The van der Waals surface area contributed by atoms with Crippen molar-refractivity contribution in [3.8, 4) is 17.1 Å². The highest BCUT2D eigenvalue weighted by Crippen LogP contribution is 2.25. The highest BCUT2D eigenvalue weighted by Gasteiger charge is 2.15. The number of ether oxygens (including phenoxy) is 1. The summed E-state index contributed by atoms with van der Waals surface area (Å²) in [4.78, 5) is 22.6. The van der Waals surface area contributed by atoms with Crippen LogP contribution >= 0.6 is 11.8 Å². The van der Waals surface area contributed by atoms with Gasteiger partial charge >= 0.3 is 0 Å². The highest BCUT2D eigenvalue weighted by atomic mass is 32.2. The van der Waals surface area contributed by atoms with Crippen LogP contribution in [0.25, 0.3) is 11.4 Å². The summed E-state index contributed by atoms with van der Waals surface area (Å²) in [5, 5.41) is 23.9. The average Bonchev–Trinajstić information content (AvgIpc) is 3.21. The van der Waals surface area contributed by atoms with Crippen LogP contribution in [-0.2, 0) is 11.3 Å². The largest absolute Gasteiger partial charge is 0.497 e. The molecule has 0 unspecified atom stereocenters. The third kappa shape index (κ3) is 5.45. The van der Waals surface area contributed by atoms with Crippen LogP contribution in [0.5, 0.6) is 5.75 Å². The van der Waals surface area contributed by atoms with Gasteiger partial charge in [0.1, 0.15) is 5.75 Å². The van der Waals surface area contributed by atoms with E-state index in [1.165, 1.54) is 24.0 Å². The van der Waals surface area contributed by atoms with Gasteiger partial charge in [-0.2, -0.15) is 5.10 Å². The second-order valence-corrected chi connectivity index (χ2v) is 7.12. The van der Waals surface area contributed by atoms with Crippen LogP contribution in [0.15, 0.2) is 58.8 Å². The number of hydrazone groups is 1. The van der Waals surface area contributed by atoms with E-state index in [2.05, 4.69) is 20.7 Å². The third-order valence-electron chi connectivity index (χ3n) is 4.24. The monoisotopic (exact) mass is 440 g/mol. The van der Waals surface area contributed by atoms with Crippen molar-refractivity contribution in [3.63, 3.8) is 0 Å². The molecule has 160 valence electrons. The van der Waals surface area contributed by atoms with E-state index in [4.69, 9.17) is 4.74 Å². The van der Waals surface area contributed by atoms with Gasteiger partial charge in [0.2, 0.25) is 0 Å². The summed E-state index contributed by atoms with van der Waals surface area (Å²) in [5.74, 6) is 1.15. The van der Waals surface area contributed by atoms with E-state index in [0.717, 1.165) is 11.3 Å². The Kier molecular flexibility index (Phi) is 7.33. The summed E-state index contributed by atoms with van der Waals surface area (Å²) in [7, 11) is 1.61. The number of carbonyl (C=O) groups excluding carboxylic acids is 1. The summed E-state index contributed by atoms with van der Waals surface area (Å²) in [6.07, 6.45) is 1.25. The Morgan fingerprint density at radius 3 is 2.68 bits per heavy atom. The first kappa shape index (κ1) is 22.0. The van der Waals surface area contributed by atoms with Gasteiger partial charge in [-0.1, -0.05) is 23.9 Å². The van der Waals surface area contributed by atoms with E-state index >= 15 is 0 Å². The lowest BCUT2D eigenvalue weighted by Gasteiger charge is -2.07. The van der Waals surface area contributed by atoms with Gasteiger partial charge in [0.25, 0.3) is 11.6 Å². The van der Waals surface area contributed by atoms with Crippen LogP contribution < -0.4 is 10.2 Å². The number of nitro groups is 1. The predicted molar refractivity (Wildman–Crippen MR) is 117 cm³/mol. The lowest BCUT2D eigenvalue weighted by molar-refractivity contribution is -0.385. The number of para-hydroxylation sites is 1. The van der Waals surface area contributed by atoms with E-state index in [0.29, 0.717) is 23.1 Å². The Bertz CT molecular complexity index is 1100. The fourth-order valence-corrected chi connectivity index (χ4v) is 3.53. The number of amides is 1. The minimum atomic E-state index is -0.503. The van der Waals surface area contributed by atoms with Crippen molar-refractivity contribution in [1.82, 2.24) is 20.2 Å². The van der Waals surface area contributed by atoms with E-state index in [1.54, 1.807) is 25.3 Å². The molecule has 0 spiro atoms. The highest BCUT2D eigenvalue weighted by molar-refractivity contribution is 7.99. The van der Waals surface area contributed by atoms with E-state index in [1.807, 2.05) is 35.8 Å². The van der Waals surface area contributed by atoms with Gasteiger partial charge in [0, 0.05) is 18.2 Å². The van der Waals surface area contributed by atoms with Crippen molar-refractivity contribution in [2.45, 2.75) is 18.6 Å². The first-order valence-corrected chi connectivity index (χ1v) is 10.3. The fourth-order valence-electron chi connectivity index (χ4n) is 2.73. The molecule has 3 aromatic rings. The Morgan fingerprint density at radius 1 is 1.26 bits per heavy atom. The second-order valence-electron chi connectivity index (χ2n) is 6.18. The number of carbonyl (C=O) groups is 1. The molecule has 11 heteroatoms. The number of aromatic nitrogens is 3. The smallest absolute Gasteiger partial charge is 0.278 e. The van der Waals surface area contributed by atoms with Crippen LogP contribution in [0, 0.1) is 10.1 Å². The predicted octanol–water partition coefficient (Wildman–Crippen LogP) is 3.12. The van der Waals surface area contributed by atoms with E-state index < -0.39 is 4.92 Å². The molecule has 0 aliphatic carbocycles. The molecule has 10 nitrogen and oxygen atoms in total. The minimum absolute atomic E-state index is 0.0645. The Morgan fingerprint density at radius 2 is 2.00 bits per heavy atom. The number of benzene rings is 2. The number of nitro benzene ring substituents is 1. The molecule has 31 heavy (non-hydrogen) atoms. The molecule has 1 N–H and O–H groups in total. The number of thioether (sulfide) groups is 1. The molecule has 0 aliphatic heterocycles. The van der Waals surface area contributed by atoms with E-state index in [-0.39, 0.29) is 17.3 Å². The lowest BCUT2D eigenvalue weighted by atomic mass is 10.2. The van der Waals surface area contributed by atoms with Crippen molar-refractivity contribution in [2.75, 3.05) is 12.9 Å². The van der Waals surface area contributed by atoms with Crippen molar-refractivity contribution in [2.24, 2.45) is 5.10 Å². The number of rotatable bonds is 9. The van der Waals surface area contributed by atoms with Gasteiger partial charge in [0.05, 0.1) is 29.6 Å². The molecule has 3 rings (SSSR count). The zero-order valence-corrected chi connectivity index (χ0v) is 17.7. The van der Waals surface area contributed by atoms with E-state index in [9.17, 15) is 14.9 Å². The topological polar surface area (TPSA) is 125 Å². The maximum Gasteiger partial charge on any atom is 0.278 e. The fraction of sp³-hybridized carbons (Fsp3) is 0.200. The molecule has 0 atom stereocenters. The SMILES string of the molecule is CCn1c(SCC(=O)N/N=C\c2ccccc2[N+](=O)[O-])nnc1-c1ccc(OC)cc1. The summed E-state index contributed by atoms with van der Waals surface area (Å²) in [6, 6.07) is 13.6. The van der Waals surface area contributed by atoms with Gasteiger partial charge in [-0.3, -0.25) is 14.9 Å². The van der Waals surface area contributed by atoms with Crippen LogP contribution in [-0.4, -0.2) is 44.7 Å². The molecule has 0 bridgehead atoms. The number of nitrogens with one attached hydrogen (secondary N) is 1. The third-order valence-corrected chi connectivity index (χ3v) is 5.21. The van der Waals surface area contributed by atoms with Crippen LogP contribution in [0.3, 0.4) is 0 Å². The molecule has 0 saturated heterocycles. The average molecular weight is 440 g/mol. The molecule has 0 radical (unpaired) electrons. The van der Waals surface area contributed by atoms with Crippen molar-refractivity contribution in [1.29, 1.82) is 0 Å². The second kappa shape index (κ2) is 10.3. The first-order valence-electron chi connectivity index (χ1n) is 9.29.